The molecule has 0 spiro atoms. The molecule has 1 heterocycles. The highest BCUT2D eigenvalue weighted by Gasteiger charge is 2.18. The maximum atomic E-state index is 13.6. The molecule has 0 N–H and O–H groups in total. The average molecular weight is 287 g/mol. The molecule has 0 radical (unpaired) electrons. The van der Waals surface area contributed by atoms with E-state index in [0.717, 1.165) is 0 Å². The lowest BCUT2D eigenvalue weighted by Gasteiger charge is -2.18. The molecule has 0 atom stereocenters. The molecule has 0 fully saturated rings. The number of fused-ring (bicyclic) bond motifs is 1. The minimum atomic E-state index is -0.370. The van der Waals surface area contributed by atoms with Crippen molar-refractivity contribution >= 4 is 11.6 Å². The summed E-state index contributed by atoms with van der Waals surface area (Å²) in [6, 6.07) is 11.5. The van der Waals surface area contributed by atoms with Crippen molar-refractivity contribution in [1.29, 1.82) is 0 Å². The zero-order valence-corrected chi connectivity index (χ0v) is 11.5. The highest BCUT2D eigenvalue weighted by atomic mass is 19.1. The molecule has 0 aliphatic carbocycles. The molecule has 2 aromatic rings. The van der Waals surface area contributed by atoms with E-state index in [9.17, 15) is 9.18 Å². The van der Waals surface area contributed by atoms with Crippen LogP contribution >= 0.6 is 0 Å². The predicted molar refractivity (Wildman–Crippen MR) is 76.1 cm³/mol. The van der Waals surface area contributed by atoms with Gasteiger partial charge in [0.2, 0.25) is 12.7 Å². The Morgan fingerprint density at radius 1 is 1.19 bits per heavy atom. The van der Waals surface area contributed by atoms with Gasteiger partial charge in [-0.25, -0.2) is 4.39 Å². The second-order valence-electron chi connectivity index (χ2n) is 4.76. The second kappa shape index (κ2) is 5.44. The molecule has 3 rings (SSSR count). The number of carbonyl (C=O) groups is 1. The summed E-state index contributed by atoms with van der Waals surface area (Å²) in [6.07, 6.45) is 0.0115. The number of carbonyl (C=O) groups excluding carboxylic acids is 1. The van der Waals surface area contributed by atoms with Gasteiger partial charge in [-0.3, -0.25) is 4.79 Å². The van der Waals surface area contributed by atoms with Crippen LogP contribution in [0.4, 0.5) is 10.1 Å². The van der Waals surface area contributed by atoms with Crippen LogP contribution in [0, 0.1) is 5.82 Å². The van der Waals surface area contributed by atoms with E-state index in [-0.39, 0.29) is 24.9 Å². The van der Waals surface area contributed by atoms with Gasteiger partial charge in [0.15, 0.2) is 11.5 Å². The Morgan fingerprint density at radius 2 is 1.95 bits per heavy atom. The quantitative estimate of drug-likeness (QED) is 0.871. The molecule has 1 amide bonds. The molecule has 2 aromatic carbocycles. The van der Waals surface area contributed by atoms with Crippen LogP contribution in [0.2, 0.25) is 0 Å². The molecule has 108 valence electrons. The van der Waals surface area contributed by atoms with Gasteiger partial charge in [-0.05, 0) is 23.8 Å². The number of hydrogen-bond donors (Lipinski definition) is 0. The first-order chi connectivity index (χ1) is 10.1. The van der Waals surface area contributed by atoms with E-state index in [4.69, 9.17) is 9.47 Å². The average Bonchev–Trinajstić information content (AvgIpc) is 2.96. The Balaban J connectivity index is 1.77. The van der Waals surface area contributed by atoms with Crippen LogP contribution in [0.15, 0.2) is 42.5 Å². The summed E-state index contributed by atoms with van der Waals surface area (Å²) in [5.74, 6) is 0.704. The van der Waals surface area contributed by atoms with Gasteiger partial charge in [0.1, 0.15) is 5.82 Å². The fraction of sp³-hybridized carbons (Fsp3) is 0.188. The molecule has 0 bridgehead atoms. The first kappa shape index (κ1) is 13.4. The molecule has 1 aliphatic rings. The molecule has 0 saturated carbocycles. The van der Waals surface area contributed by atoms with Gasteiger partial charge < -0.3 is 14.4 Å². The maximum absolute atomic E-state index is 13.6. The number of benzene rings is 2. The molecule has 1 aliphatic heterocycles. The number of anilines is 1. The number of likely N-dealkylation sites (N-methyl/N-ethyl adjacent to an activating group) is 1. The van der Waals surface area contributed by atoms with Gasteiger partial charge in [-0.2, -0.15) is 0 Å². The van der Waals surface area contributed by atoms with Crippen LogP contribution in [0.5, 0.6) is 11.5 Å². The molecule has 5 heteroatoms. The summed E-state index contributed by atoms with van der Waals surface area (Å²) in [5.41, 5.74) is 1.07. The van der Waals surface area contributed by atoms with E-state index in [1.165, 1.54) is 11.0 Å². The van der Waals surface area contributed by atoms with Crippen molar-refractivity contribution in [2.75, 3.05) is 18.7 Å². The van der Waals surface area contributed by atoms with E-state index in [0.29, 0.717) is 22.7 Å². The topological polar surface area (TPSA) is 38.8 Å². The summed E-state index contributed by atoms with van der Waals surface area (Å²) < 4.78 is 24.1. The van der Waals surface area contributed by atoms with Gasteiger partial charge in [-0.15, -0.1) is 0 Å². The van der Waals surface area contributed by atoms with Crippen molar-refractivity contribution in [3.63, 3.8) is 0 Å². The number of nitrogens with zero attached hydrogens (tertiary/aromatic N) is 1. The Kier molecular flexibility index (Phi) is 3.48. The Hall–Kier alpha value is -2.56. The minimum Gasteiger partial charge on any atom is -0.454 e. The fourth-order valence-corrected chi connectivity index (χ4v) is 2.16. The first-order valence-electron chi connectivity index (χ1n) is 6.55. The predicted octanol–water partition coefficient (Wildman–Crippen LogP) is 2.76. The lowest BCUT2D eigenvalue weighted by Crippen LogP contribution is -2.28. The highest BCUT2D eigenvalue weighted by molar-refractivity contribution is 5.94. The first-order valence-corrected chi connectivity index (χ1v) is 6.55. The molecular weight excluding hydrogens is 273 g/mol. The van der Waals surface area contributed by atoms with Crippen LogP contribution in [-0.4, -0.2) is 19.7 Å². The Morgan fingerprint density at radius 3 is 2.76 bits per heavy atom. The van der Waals surface area contributed by atoms with Gasteiger partial charge in [0, 0.05) is 18.8 Å². The molecule has 0 unspecified atom stereocenters. The summed E-state index contributed by atoms with van der Waals surface area (Å²) in [4.78, 5) is 13.7. The van der Waals surface area contributed by atoms with Crippen LogP contribution in [-0.2, 0) is 11.2 Å². The van der Waals surface area contributed by atoms with Crippen LogP contribution < -0.4 is 14.4 Å². The van der Waals surface area contributed by atoms with Gasteiger partial charge in [0.25, 0.3) is 0 Å². The van der Waals surface area contributed by atoms with E-state index < -0.39 is 0 Å². The van der Waals surface area contributed by atoms with Crippen LogP contribution in [0.25, 0.3) is 0 Å². The summed E-state index contributed by atoms with van der Waals surface area (Å²) in [5, 5.41) is 0. The van der Waals surface area contributed by atoms with E-state index in [1.807, 2.05) is 0 Å². The number of ether oxygens (including phenoxy) is 2. The number of amides is 1. The van der Waals surface area contributed by atoms with Gasteiger partial charge >= 0.3 is 0 Å². The van der Waals surface area contributed by atoms with Crippen LogP contribution in [0.3, 0.4) is 0 Å². The molecular formula is C16H14FNO3. The van der Waals surface area contributed by atoms with Crippen LogP contribution in [0.1, 0.15) is 5.56 Å². The monoisotopic (exact) mass is 287 g/mol. The third kappa shape index (κ3) is 2.67. The summed E-state index contributed by atoms with van der Waals surface area (Å²) >= 11 is 0. The standard InChI is InChI=1S/C16H14FNO3/c1-18(12-6-7-14-15(9-12)21-10-20-14)16(19)8-11-4-2-3-5-13(11)17/h2-7,9H,8,10H2,1H3. The normalized spacial score (nSPS) is 12.3. The van der Waals surface area contributed by atoms with Gasteiger partial charge in [0.05, 0.1) is 6.42 Å². The molecule has 21 heavy (non-hydrogen) atoms. The maximum Gasteiger partial charge on any atom is 0.231 e. The third-order valence-electron chi connectivity index (χ3n) is 3.42. The molecule has 0 aromatic heterocycles. The molecule has 4 nitrogen and oxygen atoms in total. The number of hydrogen-bond acceptors (Lipinski definition) is 3. The molecule has 0 saturated heterocycles. The minimum absolute atomic E-state index is 0.0115. The second-order valence-corrected chi connectivity index (χ2v) is 4.76. The van der Waals surface area contributed by atoms with E-state index in [1.54, 1.807) is 43.4 Å². The zero-order valence-electron chi connectivity index (χ0n) is 11.5. The lowest BCUT2D eigenvalue weighted by molar-refractivity contribution is -0.117. The van der Waals surface area contributed by atoms with Crippen molar-refractivity contribution < 1.29 is 18.7 Å². The van der Waals surface area contributed by atoms with Crippen molar-refractivity contribution in [1.82, 2.24) is 0 Å². The third-order valence-corrected chi connectivity index (χ3v) is 3.42. The number of rotatable bonds is 3. The largest absolute Gasteiger partial charge is 0.454 e. The van der Waals surface area contributed by atoms with Gasteiger partial charge in [-0.1, -0.05) is 18.2 Å². The Labute approximate surface area is 121 Å². The zero-order chi connectivity index (χ0) is 14.8. The van der Waals surface area contributed by atoms with Crippen molar-refractivity contribution in [3.8, 4) is 11.5 Å². The summed E-state index contributed by atoms with van der Waals surface area (Å²) in [7, 11) is 1.65. The van der Waals surface area contributed by atoms with Crippen molar-refractivity contribution in [2.45, 2.75) is 6.42 Å². The SMILES string of the molecule is CN(C(=O)Cc1ccccc1F)c1ccc2c(c1)OCO2. The van der Waals surface area contributed by atoms with Crippen molar-refractivity contribution in [3.05, 3.63) is 53.8 Å². The van der Waals surface area contributed by atoms with E-state index >= 15 is 0 Å². The lowest BCUT2D eigenvalue weighted by atomic mass is 10.1. The summed E-state index contributed by atoms with van der Waals surface area (Å²) in [6.45, 7) is 0.186. The van der Waals surface area contributed by atoms with Crippen molar-refractivity contribution in [2.24, 2.45) is 0 Å². The van der Waals surface area contributed by atoms with E-state index in [2.05, 4.69) is 0 Å². The fourth-order valence-electron chi connectivity index (χ4n) is 2.16. The smallest absolute Gasteiger partial charge is 0.231 e. The highest BCUT2D eigenvalue weighted by Crippen LogP contribution is 2.35. The Bertz CT molecular complexity index is 687. The number of halogens is 1.